The minimum absolute atomic E-state index is 0.598. The van der Waals surface area contributed by atoms with Gasteiger partial charge in [-0.15, -0.1) is 0 Å². The summed E-state index contributed by atoms with van der Waals surface area (Å²) in [5.74, 6) is 0. The van der Waals surface area contributed by atoms with Crippen LogP contribution in [-0.2, 0) is 5.41 Å². The summed E-state index contributed by atoms with van der Waals surface area (Å²) < 4.78 is 6.78. The summed E-state index contributed by atoms with van der Waals surface area (Å²) in [6.45, 7) is 0. The smallest absolute Gasteiger partial charge is 0.159 e. The van der Waals surface area contributed by atoms with Crippen molar-refractivity contribution in [3.8, 4) is 33.4 Å². The molecule has 3 heteroatoms. The number of nitrogens with zero attached hydrogens (tertiary/aromatic N) is 2. The molecular weight excluding hydrogens is 777 g/mol. The van der Waals surface area contributed by atoms with Crippen molar-refractivity contribution in [3.05, 3.63) is 265 Å². The minimum Gasteiger partial charge on any atom is -0.454 e. The zero-order chi connectivity index (χ0) is 42.2. The normalized spacial score (nSPS) is 14.3. The van der Waals surface area contributed by atoms with Crippen molar-refractivity contribution in [2.75, 3.05) is 9.80 Å². The van der Waals surface area contributed by atoms with E-state index in [0.29, 0.717) is 0 Å². The van der Waals surface area contributed by atoms with Gasteiger partial charge >= 0.3 is 0 Å². The molecule has 0 radical (unpaired) electrons. The van der Waals surface area contributed by atoms with E-state index >= 15 is 0 Å². The highest BCUT2D eigenvalue weighted by Crippen LogP contribution is 2.65. The van der Waals surface area contributed by atoms with Gasteiger partial charge in [0.15, 0.2) is 5.58 Å². The van der Waals surface area contributed by atoms with E-state index in [1.165, 1.54) is 55.6 Å². The predicted molar refractivity (Wildman–Crippen MR) is 265 cm³/mol. The fourth-order valence-electron chi connectivity index (χ4n) is 10.9. The van der Waals surface area contributed by atoms with Crippen LogP contribution in [0.2, 0.25) is 0 Å². The maximum Gasteiger partial charge on any atom is 0.159 e. The van der Waals surface area contributed by atoms with Gasteiger partial charge in [-0.05, 0) is 105 Å². The molecule has 0 bridgehead atoms. The maximum absolute atomic E-state index is 6.78. The molecule has 2 aliphatic carbocycles. The number of para-hydroxylation sites is 5. The quantitative estimate of drug-likeness (QED) is 0.160. The van der Waals surface area contributed by atoms with Gasteiger partial charge in [0.1, 0.15) is 5.58 Å². The van der Waals surface area contributed by atoms with Gasteiger partial charge in [-0.3, -0.25) is 0 Å². The van der Waals surface area contributed by atoms with Crippen LogP contribution in [0.5, 0.6) is 0 Å². The van der Waals surface area contributed by atoms with Crippen LogP contribution in [0.4, 0.5) is 34.1 Å². The first kappa shape index (κ1) is 36.3. The molecule has 1 unspecified atom stereocenters. The van der Waals surface area contributed by atoms with E-state index < -0.39 is 5.41 Å². The van der Waals surface area contributed by atoms with Crippen LogP contribution in [-0.4, -0.2) is 0 Å². The topological polar surface area (TPSA) is 19.6 Å². The molecule has 1 spiro atoms. The lowest BCUT2D eigenvalue weighted by atomic mass is 9.70. The standard InChI is InChI=1S/C61H40N2O/c1-4-20-41(21-5-1)45-26-12-16-34-55(45)62(42-22-6-2-7-23-42)44-38-39-47-46-27-10-14-31-51(46)61(54(47)40-44)52-32-15-11-29-50(52)59-53(61)33-19-35-56(59)63(43-24-8-3-9-25-43)57-36-18-30-49-48-28-13-17-37-58(48)64-60(49)57/h1-40H. The average Bonchev–Trinajstić information content (AvgIpc) is 4.00. The van der Waals surface area contributed by atoms with E-state index in [1.54, 1.807) is 0 Å². The summed E-state index contributed by atoms with van der Waals surface area (Å²) in [6, 6.07) is 88.2. The Bertz CT molecular complexity index is 3580. The summed E-state index contributed by atoms with van der Waals surface area (Å²) in [6.07, 6.45) is 0. The molecule has 0 saturated heterocycles. The van der Waals surface area contributed by atoms with E-state index in [9.17, 15) is 0 Å². The van der Waals surface area contributed by atoms with Crippen molar-refractivity contribution in [2.45, 2.75) is 5.41 Å². The van der Waals surface area contributed by atoms with Crippen LogP contribution >= 0.6 is 0 Å². The van der Waals surface area contributed by atoms with Crippen molar-refractivity contribution in [1.29, 1.82) is 0 Å². The number of hydrogen-bond acceptors (Lipinski definition) is 3. The van der Waals surface area contributed by atoms with Crippen LogP contribution in [0.15, 0.2) is 247 Å². The Kier molecular flexibility index (Phi) is 8.13. The SMILES string of the molecule is c1ccc(-c2ccccc2N(c2ccccc2)c2ccc3c(c2)C2(c4ccccc4-3)c3ccccc3-c3c(N(c4ccccc4)c4cccc5c4oc4ccccc45)cccc32)cc1. The molecule has 13 rings (SSSR count). The second-order valence-corrected chi connectivity index (χ2v) is 16.7. The number of anilines is 6. The Balaban J connectivity index is 1.09. The lowest BCUT2D eigenvalue weighted by Gasteiger charge is -2.33. The summed E-state index contributed by atoms with van der Waals surface area (Å²) in [5, 5.41) is 2.21. The van der Waals surface area contributed by atoms with Crippen molar-refractivity contribution >= 4 is 56.1 Å². The van der Waals surface area contributed by atoms with E-state index in [1.807, 2.05) is 6.07 Å². The zero-order valence-corrected chi connectivity index (χ0v) is 34.9. The number of furan rings is 1. The molecule has 11 aromatic rings. The van der Waals surface area contributed by atoms with Crippen LogP contribution < -0.4 is 9.80 Å². The van der Waals surface area contributed by atoms with Crippen LogP contribution in [0.25, 0.3) is 55.3 Å². The van der Waals surface area contributed by atoms with Crippen molar-refractivity contribution in [3.63, 3.8) is 0 Å². The van der Waals surface area contributed by atoms with Gasteiger partial charge in [0.05, 0.1) is 22.5 Å². The van der Waals surface area contributed by atoms with Crippen molar-refractivity contribution < 1.29 is 4.42 Å². The molecule has 0 N–H and O–H groups in total. The molecule has 0 saturated carbocycles. The summed E-state index contributed by atoms with van der Waals surface area (Å²) in [7, 11) is 0. The summed E-state index contributed by atoms with van der Waals surface area (Å²) >= 11 is 0. The predicted octanol–water partition coefficient (Wildman–Crippen LogP) is 16.5. The summed E-state index contributed by atoms with van der Waals surface area (Å²) in [5.41, 5.74) is 20.1. The zero-order valence-electron chi connectivity index (χ0n) is 34.9. The minimum atomic E-state index is -0.598. The lowest BCUT2D eigenvalue weighted by Crippen LogP contribution is -2.26. The third-order valence-corrected chi connectivity index (χ3v) is 13.5. The first-order valence-electron chi connectivity index (χ1n) is 22.0. The fraction of sp³-hybridized carbons (Fsp3) is 0.0164. The van der Waals surface area contributed by atoms with Gasteiger partial charge in [0.25, 0.3) is 0 Å². The molecule has 1 heterocycles. The largest absolute Gasteiger partial charge is 0.454 e. The van der Waals surface area contributed by atoms with Crippen molar-refractivity contribution in [2.24, 2.45) is 0 Å². The van der Waals surface area contributed by atoms with E-state index in [4.69, 9.17) is 4.42 Å². The first-order valence-corrected chi connectivity index (χ1v) is 22.0. The number of benzene rings is 10. The second-order valence-electron chi connectivity index (χ2n) is 16.7. The van der Waals surface area contributed by atoms with Crippen LogP contribution in [0, 0.1) is 0 Å². The molecule has 300 valence electrons. The average molecular weight is 817 g/mol. The van der Waals surface area contributed by atoms with Gasteiger partial charge in [-0.1, -0.05) is 182 Å². The van der Waals surface area contributed by atoms with Gasteiger partial charge in [-0.2, -0.15) is 0 Å². The Morgan fingerprint density at radius 1 is 0.312 bits per heavy atom. The third-order valence-electron chi connectivity index (χ3n) is 13.5. The fourth-order valence-corrected chi connectivity index (χ4v) is 10.9. The molecule has 10 aromatic carbocycles. The number of hydrogen-bond donors (Lipinski definition) is 0. The molecule has 0 amide bonds. The second kappa shape index (κ2) is 14.3. The van der Waals surface area contributed by atoms with Crippen LogP contribution in [0.3, 0.4) is 0 Å². The molecule has 64 heavy (non-hydrogen) atoms. The molecule has 1 aromatic heterocycles. The van der Waals surface area contributed by atoms with E-state index in [-0.39, 0.29) is 0 Å². The van der Waals surface area contributed by atoms with Gasteiger partial charge < -0.3 is 14.2 Å². The molecule has 0 fully saturated rings. The Hall–Kier alpha value is -8.40. The Labute approximate surface area is 372 Å². The van der Waals surface area contributed by atoms with Gasteiger partial charge in [-0.25, -0.2) is 0 Å². The summed E-state index contributed by atoms with van der Waals surface area (Å²) in [4.78, 5) is 4.85. The van der Waals surface area contributed by atoms with Gasteiger partial charge in [0.2, 0.25) is 0 Å². The maximum atomic E-state index is 6.78. The lowest BCUT2D eigenvalue weighted by molar-refractivity contribution is 0.669. The molecule has 0 aliphatic heterocycles. The Morgan fingerprint density at radius 3 is 1.62 bits per heavy atom. The third kappa shape index (κ3) is 5.22. The molecule has 2 aliphatic rings. The molecular formula is C61H40N2O. The van der Waals surface area contributed by atoms with E-state index in [2.05, 4.69) is 246 Å². The number of rotatable bonds is 7. The molecule has 3 nitrogen and oxygen atoms in total. The van der Waals surface area contributed by atoms with Crippen molar-refractivity contribution in [1.82, 2.24) is 0 Å². The van der Waals surface area contributed by atoms with Crippen LogP contribution in [0.1, 0.15) is 22.3 Å². The highest BCUT2D eigenvalue weighted by atomic mass is 16.3. The van der Waals surface area contributed by atoms with E-state index in [0.717, 1.165) is 56.1 Å². The highest BCUT2D eigenvalue weighted by Gasteiger charge is 2.52. The van der Waals surface area contributed by atoms with Gasteiger partial charge in [0, 0.05) is 39.0 Å². The monoisotopic (exact) mass is 816 g/mol. The molecule has 1 atom stereocenters. The first-order chi connectivity index (χ1) is 31.8. The number of fused-ring (bicyclic) bond motifs is 13. The Morgan fingerprint density at radius 2 is 0.844 bits per heavy atom. The highest BCUT2D eigenvalue weighted by molar-refractivity contribution is 6.11.